The van der Waals surface area contributed by atoms with Crippen molar-refractivity contribution in [2.45, 2.75) is 38.0 Å². The number of carbonyl (C=O) groups excluding carboxylic acids is 2. The number of alkyl carbamates (subject to hydrolysis) is 1. The Morgan fingerprint density at radius 2 is 1.63 bits per heavy atom. The number of piperidine rings is 1. The van der Waals surface area contributed by atoms with Gasteiger partial charge in [-0.1, -0.05) is 55.0 Å². The van der Waals surface area contributed by atoms with Crippen LogP contribution in [0.25, 0.3) is 11.1 Å². The summed E-state index contributed by atoms with van der Waals surface area (Å²) in [5.41, 5.74) is 4.72. The predicted molar refractivity (Wildman–Crippen MR) is 131 cm³/mol. The molecule has 5 rings (SSSR count). The van der Waals surface area contributed by atoms with Crippen LogP contribution in [0.3, 0.4) is 0 Å². The fraction of sp³-hybridized carbons (Fsp3) is 0.464. The van der Waals surface area contributed by atoms with Crippen LogP contribution in [-0.2, 0) is 14.3 Å². The highest BCUT2D eigenvalue weighted by Crippen LogP contribution is 2.44. The molecule has 1 saturated carbocycles. The number of carboxylic acid groups (broad SMARTS) is 1. The molecular weight excluding hydrogens is 444 g/mol. The number of rotatable bonds is 6. The maximum absolute atomic E-state index is 13.1. The number of carbonyl (C=O) groups is 3. The highest BCUT2D eigenvalue weighted by molar-refractivity contribution is 5.81. The predicted octanol–water partition coefficient (Wildman–Crippen LogP) is 4.26. The van der Waals surface area contributed by atoms with Crippen LogP contribution in [0.2, 0.25) is 0 Å². The van der Waals surface area contributed by atoms with Crippen molar-refractivity contribution >= 4 is 18.0 Å². The molecule has 2 aromatic carbocycles. The molecule has 184 valence electrons. The molecule has 35 heavy (non-hydrogen) atoms. The lowest BCUT2D eigenvalue weighted by Crippen LogP contribution is -2.46. The summed E-state index contributed by atoms with van der Waals surface area (Å²) in [6, 6.07) is 16.5. The molecule has 2 amide bonds. The molecule has 7 heteroatoms. The van der Waals surface area contributed by atoms with Crippen LogP contribution in [0.1, 0.15) is 49.1 Å². The van der Waals surface area contributed by atoms with Gasteiger partial charge in [0.05, 0.1) is 5.92 Å². The van der Waals surface area contributed by atoms with Gasteiger partial charge < -0.3 is 20.1 Å². The Kier molecular flexibility index (Phi) is 6.75. The van der Waals surface area contributed by atoms with Gasteiger partial charge in [0.25, 0.3) is 0 Å². The number of benzene rings is 2. The summed E-state index contributed by atoms with van der Waals surface area (Å²) in [5, 5.41) is 12.2. The Morgan fingerprint density at radius 3 is 2.31 bits per heavy atom. The van der Waals surface area contributed by atoms with Gasteiger partial charge in [-0.3, -0.25) is 9.59 Å². The molecule has 2 aromatic rings. The number of ether oxygens (including phenoxy) is 1. The molecule has 1 heterocycles. The molecular formula is C28H32N2O5. The number of aliphatic carboxylic acids is 1. The summed E-state index contributed by atoms with van der Waals surface area (Å²) in [6.45, 7) is 1.56. The second-order valence-electron chi connectivity index (χ2n) is 9.97. The molecule has 3 aliphatic rings. The van der Waals surface area contributed by atoms with E-state index in [-0.39, 0.29) is 36.8 Å². The summed E-state index contributed by atoms with van der Waals surface area (Å²) in [6.07, 6.45) is 3.47. The summed E-state index contributed by atoms with van der Waals surface area (Å²) in [7, 11) is 0. The molecule has 0 bridgehead atoms. The van der Waals surface area contributed by atoms with E-state index in [2.05, 4.69) is 29.6 Å². The fourth-order valence-corrected chi connectivity index (χ4v) is 6.08. The molecule has 3 atom stereocenters. The van der Waals surface area contributed by atoms with Gasteiger partial charge in [-0.25, -0.2) is 4.79 Å². The first-order valence-corrected chi connectivity index (χ1v) is 12.6. The molecule has 0 aromatic heterocycles. The van der Waals surface area contributed by atoms with Crippen molar-refractivity contribution in [3.05, 3.63) is 59.7 Å². The van der Waals surface area contributed by atoms with Crippen LogP contribution in [0.4, 0.5) is 4.79 Å². The van der Waals surface area contributed by atoms with Crippen LogP contribution >= 0.6 is 0 Å². The van der Waals surface area contributed by atoms with Crippen LogP contribution in [0.15, 0.2) is 48.5 Å². The largest absolute Gasteiger partial charge is 0.481 e. The van der Waals surface area contributed by atoms with Gasteiger partial charge in [-0.15, -0.1) is 0 Å². The van der Waals surface area contributed by atoms with Gasteiger partial charge in [0.2, 0.25) is 5.91 Å². The first-order valence-electron chi connectivity index (χ1n) is 12.6. The lowest BCUT2D eigenvalue weighted by atomic mass is 9.92. The SMILES string of the molecule is O=C(NC[C@H]1CCC[C@H]1C(=O)N1CCC[C@@H](C(=O)O)C1)OCC1c2ccccc2-c2ccccc21. The quantitative estimate of drug-likeness (QED) is 0.649. The molecule has 7 nitrogen and oxygen atoms in total. The van der Waals surface area contributed by atoms with Crippen LogP contribution < -0.4 is 5.32 Å². The zero-order valence-corrected chi connectivity index (χ0v) is 19.8. The zero-order valence-electron chi connectivity index (χ0n) is 19.8. The maximum Gasteiger partial charge on any atom is 0.407 e. The first kappa shape index (κ1) is 23.4. The summed E-state index contributed by atoms with van der Waals surface area (Å²) in [5.74, 6) is -1.39. The lowest BCUT2D eigenvalue weighted by Gasteiger charge is -2.34. The Balaban J connectivity index is 1.15. The minimum atomic E-state index is -0.831. The second kappa shape index (κ2) is 10.1. The molecule has 2 fully saturated rings. The first-order chi connectivity index (χ1) is 17.0. The number of amides is 2. The molecule has 1 aliphatic heterocycles. The number of nitrogens with zero attached hydrogens (tertiary/aromatic N) is 1. The highest BCUT2D eigenvalue weighted by Gasteiger charge is 2.38. The standard InChI is InChI=1S/C28H32N2O5/c31-26(30-14-6-8-19(16-30)27(32)33)20-13-5-7-18(20)15-29-28(34)35-17-25-23-11-3-1-9-21(23)22-10-2-4-12-24(22)25/h1-4,9-12,18-20,25H,5-8,13-17H2,(H,29,34)(H,32,33)/t18-,19-,20-/m1/s1. The van der Waals surface area contributed by atoms with E-state index in [9.17, 15) is 19.5 Å². The van der Waals surface area contributed by atoms with Gasteiger partial charge in [-0.2, -0.15) is 0 Å². The van der Waals surface area contributed by atoms with E-state index in [1.54, 1.807) is 4.90 Å². The third kappa shape index (κ3) is 4.77. The Morgan fingerprint density at radius 1 is 0.943 bits per heavy atom. The second-order valence-corrected chi connectivity index (χ2v) is 9.97. The zero-order chi connectivity index (χ0) is 24.4. The van der Waals surface area contributed by atoms with Gasteiger partial charge in [0, 0.05) is 31.5 Å². The van der Waals surface area contributed by atoms with E-state index < -0.39 is 18.0 Å². The van der Waals surface area contributed by atoms with Gasteiger partial charge in [0.15, 0.2) is 0 Å². The summed E-state index contributed by atoms with van der Waals surface area (Å²) in [4.78, 5) is 38.8. The minimum Gasteiger partial charge on any atom is -0.481 e. The van der Waals surface area contributed by atoms with Gasteiger partial charge >= 0.3 is 12.1 Å². The van der Waals surface area contributed by atoms with Crippen molar-refractivity contribution < 1.29 is 24.2 Å². The summed E-state index contributed by atoms with van der Waals surface area (Å²) >= 11 is 0. The number of carboxylic acids is 1. The number of likely N-dealkylation sites (tertiary alicyclic amines) is 1. The smallest absolute Gasteiger partial charge is 0.407 e. The normalized spacial score (nSPS) is 23.4. The van der Waals surface area contributed by atoms with Crippen molar-refractivity contribution in [1.82, 2.24) is 10.2 Å². The Hall–Kier alpha value is -3.35. The van der Waals surface area contributed by atoms with E-state index >= 15 is 0 Å². The van der Waals surface area contributed by atoms with Crippen molar-refractivity contribution in [2.75, 3.05) is 26.2 Å². The monoisotopic (exact) mass is 476 g/mol. The maximum atomic E-state index is 13.1. The minimum absolute atomic E-state index is 0.00948. The molecule has 2 aliphatic carbocycles. The number of hydrogen-bond acceptors (Lipinski definition) is 4. The number of fused-ring (bicyclic) bond motifs is 3. The third-order valence-electron chi connectivity index (χ3n) is 7.91. The van der Waals surface area contributed by atoms with Crippen molar-refractivity contribution in [3.63, 3.8) is 0 Å². The Labute approximate surface area is 205 Å². The van der Waals surface area contributed by atoms with Crippen LogP contribution in [0, 0.1) is 17.8 Å². The topological polar surface area (TPSA) is 95.9 Å². The van der Waals surface area contributed by atoms with E-state index in [1.807, 2.05) is 24.3 Å². The highest BCUT2D eigenvalue weighted by atomic mass is 16.5. The van der Waals surface area contributed by atoms with Crippen LogP contribution in [-0.4, -0.2) is 54.2 Å². The van der Waals surface area contributed by atoms with Crippen LogP contribution in [0.5, 0.6) is 0 Å². The molecule has 1 saturated heterocycles. The molecule has 0 radical (unpaired) electrons. The average Bonchev–Trinajstić information content (AvgIpc) is 3.48. The van der Waals surface area contributed by atoms with Gasteiger partial charge in [0.1, 0.15) is 6.61 Å². The van der Waals surface area contributed by atoms with Crippen molar-refractivity contribution in [1.29, 1.82) is 0 Å². The Bertz CT molecular complexity index is 1070. The van der Waals surface area contributed by atoms with Crippen molar-refractivity contribution in [2.24, 2.45) is 17.8 Å². The summed E-state index contributed by atoms with van der Waals surface area (Å²) < 4.78 is 5.64. The molecule has 0 unspecified atom stereocenters. The lowest BCUT2D eigenvalue weighted by molar-refractivity contribution is -0.147. The van der Waals surface area contributed by atoms with Crippen molar-refractivity contribution in [3.8, 4) is 11.1 Å². The van der Waals surface area contributed by atoms with E-state index in [0.29, 0.717) is 19.5 Å². The molecule has 0 spiro atoms. The van der Waals surface area contributed by atoms with E-state index in [4.69, 9.17) is 4.74 Å². The van der Waals surface area contributed by atoms with E-state index in [0.717, 1.165) is 25.7 Å². The van der Waals surface area contributed by atoms with Gasteiger partial charge in [-0.05, 0) is 53.9 Å². The molecule has 2 N–H and O–H groups in total. The number of hydrogen-bond donors (Lipinski definition) is 2. The average molecular weight is 477 g/mol. The third-order valence-corrected chi connectivity index (χ3v) is 7.91. The van der Waals surface area contributed by atoms with E-state index in [1.165, 1.54) is 22.3 Å². The number of nitrogens with one attached hydrogen (secondary N) is 1. The fourth-order valence-electron chi connectivity index (χ4n) is 6.08.